The molecule has 1 aliphatic heterocycles. The van der Waals surface area contributed by atoms with Crippen molar-refractivity contribution in [1.82, 2.24) is 14.5 Å². The number of rotatable bonds is 2. The summed E-state index contributed by atoms with van der Waals surface area (Å²) >= 11 is 0. The molecule has 1 amide bonds. The maximum Gasteiger partial charge on any atom is 0.254 e. The first kappa shape index (κ1) is 15.8. The number of hydrogen-bond acceptors (Lipinski definition) is 2. The molecule has 4 rings (SSSR count). The zero-order valence-electron chi connectivity index (χ0n) is 14.2. The van der Waals surface area contributed by atoms with Gasteiger partial charge in [-0.25, -0.2) is 9.37 Å². The number of benzene rings is 2. The monoisotopic (exact) mass is 337 g/mol. The van der Waals surface area contributed by atoms with E-state index in [-0.39, 0.29) is 17.8 Å². The van der Waals surface area contributed by atoms with Gasteiger partial charge in [0.1, 0.15) is 11.6 Å². The van der Waals surface area contributed by atoms with E-state index in [4.69, 9.17) is 4.98 Å². The average molecular weight is 337 g/mol. The third-order valence-corrected chi connectivity index (χ3v) is 4.97. The van der Waals surface area contributed by atoms with Crippen LogP contribution in [0.25, 0.3) is 11.0 Å². The summed E-state index contributed by atoms with van der Waals surface area (Å²) in [4.78, 5) is 19.7. The standard InChI is InChI=1S/C20H20FN3O/c1-23-17-7-3-2-6-16(17)22-19(23)18-8-4-5-13-24(18)20(25)14-9-11-15(21)12-10-14/h2-3,6-7,9-12,18H,4-5,8,13H2,1H3/t18-/m0/s1. The van der Waals surface area contributed by atoms with Crippen molar-refractivity contribution in [3.8, 4) is 0 Å². The topological polar surface area (TPSA) is 38.1 Å². The second-order valence-electron chi connectivity index (χ2n) is 6.53. The quantitative estimate of drug-likeness (QED) is 0.707. The molecule has 128 valence electrons. The molecular formula is C20H20FN3O. The number of hydrogen-bond donors (Lipinski definition) is 0. The van der Waals surface area contributed by atoms with E-state index >= 15 is 0 Å². The molecule has 0 spiro atoms. The first-order chi connectivity index (χ1) is 12.1. The van der Waals surface area contributed by atoms with Crippen LogP contribution in [0.5, 0.6) is 0 Å². The Balaban J connectivity index is 1.72. The number of carbonyl (C=O) groups excluding carboxylic acids is 1. The molecule has 2 aromatic carbocycles. The van der Waals surface area contributed by atoms with Crippen LogP contribution in [0, 0.1) is 5.82 Å². The molecule has 0 aliphatic carbocycles. The number of fused-ring (bicyclic) bond motifs is 1. The van der Waals surface area contributed by atoms with Crippen LogP contribution in [0.1, 0.15) is 41.5 Å². The van der Waals surface area contributed by atoms with Gasteiger partial charge in [-0.05, 0) is 55.7 Å². The summed E-state index contributed by atoms with van der Waals surface area (Å²) in [6.07, 6.45) is 2.94. The van der Waals surface area contributed by atoms with Crippen LogP contribution in [-0.2, 0) is 7.05 Å². The summed E-state index contributed by atoms with van der Waals surface area (Å²) in [5.41, 5.74) is 2.53. The third-order valence-electron chi connectivity index (χ3n) is 4.97. The van der Waals surface area contributed by atoms with Gasteiger partial charge in [0.2, 0.25) is 0 Å². The Hall–Kier alpha value is -2.69. The minimum atomic E-state index is -0.331. The highest BCUT2D eigenvalue weighted by Gasteiger charge is 2.31. The summed E-state index contributed by atoms with van der Waals surface area (Å²) in [5, 5.41) is 0. The Morgan fingerprint density at radius 1 is 1.12 bits per heavy atom. The maximum absolute atomic E-state index is 13.2. The highest BCUT2D eigenvalue weighted by Crippen LogP contribution is 2.33. The van der Waals surface area contributed by atoms with Crippen molar-refractivity contribution in [2.24, 2.45) is 7.05 Å². The highest BCUT2D eigenvalue weighted by atomic mass is 19.1. The van der Waals surface area contributed by atoms with Gasteiger partial charge in [0, 0.05) is 19.2 Å². The van der Waals surface area contributed by atoms with Crippen LogP contribution in [-0.4, -0.2) is 26.9 Å². The molecule has 0 N–H and O–H groups in total. The molecule has 0 unspecified atom stereocenters. The fourth-order valence-electron chi connectivity index (χ4n) is 3.66. The number of imidazole rings is 1. The largest absolute Gasteiger partial charge is 0.329 e. The lowest BCUT2D eigenvalue weighted by atomic mass is 10.00. The average Bonchev–Trinajstić information content (AvgIpc) is 2.99. The van der Waals surface area contributed by atoms with E-state index in [9.17, 15) is 9.18 Å². The third kappa shape index (κ3) is 2.80. The van der Waals surface area contributed by atoms with Crippen LogP contribution < -0.4 is 0 Å². The van der Waals surface area contributed by atoms with E-state index in [1.165, 1.54) is 12.1 Å². The van der Waals surface area contributed by atoms with Gasteiger partial charge in [0.15, 0.2) is 0 Å². The lowest BCUT2D eigenvalue weighted by Crippen LogP contribution is -2.39. The van der Waals surface area contributed by atoms with Crippen molar-refractivity contribution < 1.29 is 9.18 Å². The van der Waals surface area contributed by atoms with Gasteiger partial charge in [-0.15, -0.1) is 0 Å². The fourth-order valence-corrected chi connectivity index (χ4v) is 3.66. The molecule has 25 heavy (non-hydrogen) atoms. The Kier molecular flexibility index (Phi) is 3.99. The number of halogens is 1. The highest BCUT2D eigenvalue weighted by molar-refractivity contribution is 5.94. The van der Waals surface area contributed by atoms with Gasteiger partial charge in [-0.1, -0.05) is 12.1 Å². The second kappa shape index (κ2) is 6.31. The zero-order chi connectivity index (χ0) is 17.4. The maximum atomic E-state index is 13.2. The van der Waals surface area contributed by atoms with Crippen molar-refractivity contribution in [3.63, 3.8) is 0 Å². The van der Waals surface area contributed by atoms with Gasteiger partial charge in [0.05, 0.1) is 17.1 Å². The molecule has 1 aromatic heterocycles. The summed E-state index contributed by atoms with van der Waals surface area (Å²) in [7, 11) is 2.00. The number of aromatic nitrogens is 2. The van der Waals surface area contributed by atoms with Gasteiger partial charge < -0.3 is 9.47 Å². The van der Waals surface area contributed by atoms with Crippen LogP contribution in [0.15, 0.2) is 48.5 Å². The van der Waals surface area contributed by atoms with Crippen LogP contribution >= 0.6 is 0 Å². The Morgan fingerprint density at radius 3 is 2.64 bits per heavy atom. The van der Waals surface area contributed by atoms with Crippen molar-refractivity contribution >= 4 is 16.9 Å². The summed E-state index contributed by atoms with van der Waals surface area (Å²) in [6, 6.07) is 13.7. The van der Waals surface area contributed by atoms with E-state index in [0.717, 1.165) is 36.1 Å². The summed E-state index contributed by atoms with van der Waals surface area (Å²) in [5.74, 6) is 0.523. The first-order valence-corrected chi connectivity index (χ1v) is 8.63. The summed E-state index contributed by atoms with van der Waals surface area (Å²) in [6.45, 7) is 0.698. The first-order valence-electron chi connectivity index (χ1n) is 8.63. The van der Waals surface area contributed by atoms with Crippen molar-refractivity contribution in [1.29, 1.82) is 0 Å². The molecule has 5 heteroatoms. The zero-order valence-corrected chi connectivity index (χ0v) is 14.2. The van der Waals surface area contributed by atoms with E-state index < -0.39 is 0 Å². The lowest BCUT2D eigenvalue weighted by Gasteiger charge is -2.35. The Bertz CT molecular complexity index is 916. The predicted octanol–water partition coefficient (Wildman–Crippen LogP) is 4.08. The van der Waals surface area contributed by atoms with Gasteiger partial charge >= 0.3 is 0 Å². The Labute approximate surface area is 145 Å². The molecule has 1 saturated heterocycles. The number of piperidine rings is 1. The van der Waals surface area contributed by atoms with E-state index in [1.54, 1.807) is 12.1 Å². The smallest absolute Gasteiger partial charge is 0.254 e. The number of nitrogens with zero attached hydrogens (tertiary/aromatic N) is 3. The van der Waals surface area contributed by atoms with Gasteiger partial charge in [-0.3, -0.25) is 4.79 Å². The second-order valence-corrected chi connectivity index (χ2v) is 6.53. The molecule has 4 nitrogen and oxygen atoms in total. The number of carbonyl (C=O) groups is 1. The van der Waals surface area contributed by atoms with E-state index in [0.29, 0.717) is 12.1 Å². The fraction of sp³-hybridized carbons (Fsp3) is 0.300. The molecule has 0 saturated carbocycles. The van der Waals surface area contributed by atoms with Crippen LogP contribution in [0.4, 0.5) is 4.39 Å². The molecule has 2 heterocycles. The minimum absolute atomic E-state index is 0.0521. The number of likely N-dealkylation sites (tertiary alicyclic amines) is 1. The molecule has 1 aliphatic rings. The molecule has 1 fully saturated rings. The van der Waals surface area contributed by atoms with E-state index in [1.807, 2.05) is 36.2 Å². The molecule has 0 radical (unpaired) electrons. The molecule has 3 aromatic rings. The van der Waals surface area contributed by atoms with Gasteiger partial charge in [0.25, 0.3) is 5.91 Å². The molecular weight excluding hydrogens is 317 g/mol. The van der Waals surface area contributed by atoms with Crippen molar-refractivity contribution in [3.05, 3.63) is 65.7 Å². The summed E-state index contributed by atoms with van der Waals surface area (Å²) < 4.78 is 15.2. The van der Waals surface area contributed by atoms with Crippen LogP contribution in [0.3, 0.4) is 0 Å². The number of amides is 1. The lowest BCUT2D eigenvalue weighted by molar-refractivity contribution is 0.0597. The number of aryl methyl sites for hydroxylation is 1. The van der Waals surface area contributed by atoms with Crippen molar-refractivity contribution in [2.75, 3.05) is 6.54 Å². The molecule has 1 atom stereocenters. The Morgan fingerprint density at radius 2 is 1.88 bits per heavy atom. The molecule has 0 bridgehead atoms. The van der Waals surface area contributed by atoms with Gasteiger partial charge in [-0.2, -0.15) is 0 Å². The SMILES string of the molecule is Cn1c([C@@H]2CCCCN2C(=O)c2ccc(F)cc2)nc2ccccc21. The minimum Gasteiger partial charge on any atom is -0.329 e. The predicted molar refractivity (Wildman–Crippen MR) is 94.7 cm³/mol. The van der Waals surface area contributed by atoms with E-state index in [2.05, 4.69) is 4.57 Å². The normalized spacial score (nSPS) is 17.8. The van der Waals surface area contributed by atoms with Crippen LogP contribution in [0.2, 0.25) is 0 Å². The van der Waals surface area contributed by atoms with Crippen molar-refractivity contribution in [2.45, 2.75) is 25.3 Å². The number of para-hydroxylation sites is 2.